The number of carbonyl (C=O) groups excluding carboxylic acids is 1. The van der Waals surface area contributed by atoms with Crippen LogP contribution in [0.4, 0.5) is 0 Å². The number of nitrogens with one attached hydrogen (secondary N) is 1. The van der Waals surface area contributed by atoms with Gasteiger partial charge in [0.1, 0.15) is 12.4 Å². The second kappa shape index (κ2) is 10.6. The van der Waals surface area contributed by atoms with Crippen LogP contribution in [0.2, 0.25) is 10.0 Å². The van der Waals surface area contributed by atoms with Crippen molar-refractivity contribution in [2.24, 2.45) is 0 Å². The molecule has 3 aromatic rings. The van der Waals surface area contributed by atoms with Crippen LogP contribution in [0, 0.1) is 6.92 Å². The Balaban J connectivity index is 1.42. The number of hydrogen-bond donors (Lipinski definition) is 1. The molecule has 0 aliphatic heterocycles. The molecule has 1 N–H and O–H groups in total. The topological polar surface area (TPSA) is 38.3 Å². The third-order valence-corrected chi connectivity index (χ3v) is 5.98. The Kier molecular flexibility index (Phi) is 7.87. The second-order valence-electron chi connectivity index (χ2n) is 6.45. The summed E-state index contributed by atoms with van der Waals surface area (Å²) >= 11 is 13.7. The van der Waals surface area contributed by atoms with E-state index in [9.17, 15) is 4.79 Å². The monoisotopic (exact) mass is 445 g/mol. The van der Waals surface area contributed by atoms with E-state index in [-0.39, 0.29) is 5.91 Å². The predicted molar refractivity (Wildman–Crippen MR) is 121 cm³/mol. The normalized spacial score (nSPS) is 10.6. The molecule has 0 spiro atoms. The van der Waals surface area contributed by atoms with Gasteiger partial charge in [-0.1, -0.05) is 41.4 Å². The van der Waals surface area contributed by atoms with Crippen molar-refractivity contribution in [3.8, 4) is 5.75 Å². The average Bonchev–Trinajstić information content (AvgIpc) is 2.73. The number of carbonyl (C=O) groups is 1. The fraction of sp³-hybridized carbons (Fsp3) is 0.174. The van der Waals surface area contributed by atoms with Crippen LogP contribution in [-0.4, -0.2) is 19.1 Å². The molecule has 0 aliphatic carbocycles. The standard InChI is InChI=1S/C23H21Cl2NO2S/c1-16-2-9-20(14-22(16)25)28-13-12-26-23(27)18-5-3-17(4-6-18)15-29-21-10-7-19(24)8-11-21/h2-11,14H,12-13,15H2,1H3,(H,26,27). The van der Waals surface area contributed by atoms with Gasteiger partial charge in [0.05, 0.1) is 6.54 Å². The van der Waals surface area contributed by atoms with Gasteiger partial charge in [-0.25, -0.2) is 0 Å². The lowest BCUT2D eigenvalue weighted by Crippen LogP contribution is -2.28. The molecule has 0 heterocycles. The van der Waals surface area contributed by atoms with Gasteiger partial charge < -0.3 is 10.1 Å². The fourth-order valence-electron chi connectivity index (χ4n) is 2.55. The van der Waals surface area contributed by atoms with E-state index in [1.807, 2.05) is 67.6 Å². The molecular weight excluding hydrogens is 425 g/mol. The van der Waals surface area contributed by atoms with Crippen molar-refractivity contribution in [3.63, 3.8) is 0 Å². The summed E-state index contributed by atoms with van der Waals surface area (Å²) < 4.78 is 5.62. The van der Waals surface area contributed by atoms with Crippen molar-refractivity contribution in [1.82, 2.24) is 5.32 Å². The average molecular weight is 446 g/mol. The molecule has 29 heavy (non-hydrogen) atoms. The summed E-state index contributed by atoms with van der Waals surface area (Å²) in [4.78, 5) is 13.4. The number of rotatable bonds is 8. The fourth-order valence-corrected chi connectivity index (χ4v) is 3.70. The summed E-state index contributed by atoms with van der Waals surface area (Å²) in [6.07, 6.45) is 0. The highest BCUT2D eigenvalue weighted by Gasteiger charge is 2.06. The van der Waals surface area contributed by atoms with Gasteiger partial charge in [-0.3, -0.25) is 4.79 Å². The lowest BCUT2D eigenvalue weighted by atomic mass is 10.1. The summed E-state index contributed by atoms with van der Waals surface area (Å²) in [7, 11) is 0. The number of aryl methyl sites for hydroxylation is 1. The summed E-state index contributed by atoms with van der Waals surface area (Å²) in [6, 6.07) is 20.9. The maximum atomic E-state index is 12.3. The van der Waals surface area contributed by atoms with Crippen LogP contribution in [-0.2, 0) is 5.75 Å². The molecule has 0 radical (unpaired) electrons. The Bertz CT molecular complexity index is 960. The van der Waals surface area contributed by atoms with Crippen molar-refractivity contribution >= 4 is 40.9 Å². The van der Waals surface area contributed by atoms with Crippen LogP contribution in [0.3, 0.4) is 0 Å². The second-order valence-corrected chi connectivity index (χ2v) is 8.35. The lowest BCUT2D eigenvalue weighted by molar-refractivity contribution is 0.0947. The number of halogens is 2. The van der Waals surface area contributed by atoms with Crippen LogP contribution >= 0.6 is 35.0 Å². The summed E-state index contributed by atoms with van der Waals surface area (Å²) in [5.74, 6) is 1.40. The number of benzene rings is 3. The Hall–Kier alpha value is -2.14. The van der Waals surface area contributed by atoms with Gasteiger partial charge in [0.25, 0.3) is 5.91 Å². The molecule has 3 nitrogen and oxygen atoms in total. The first-order chi connectivity index (χ1) is 14.0. The van der Waals surface area contributed by atoms with Gasteiger partial charge in [-0.15, -0.1) is 11.8 Å². The van der Waals surface area contributed by atoms with Crippen LogP contribution in [0.25, 0.3) is 0 Å². The summed E-state index contributed by atoms with van der Waals surface area (Å²) in [5, 5.41) is 4.26. The molecule has 0 saturated carbocycles. The van der Waals surface area contributed by atoms with Crippen molar-refractivity contribution in [3.05, 3.63) is 93.5 Å². The van der Waals surface area contributed by atoms with Crippen molar-refractivity contribution in [1.29, 1.82) is 0 Å². The molecule has 150 valence electrons. The van der Waals surface area contributed by atoms with Gasteiger partial charge in [0.2, 0.25) is 0 Å². The number of thioether (sulfide) groups is 1. The van der Waals surface area contributed by atoms with E-state index in [2.05, 4.69) is 5.32 Å². The molecule has 3 rings (SSSR count). The van der Waals surface area contributed by atoms with Crippen LogP contribution in [0.15, 0.2) is 71.6 Å². The Morgan fingerprint density at radius 1 is 1.00 bits per heavy atom. The van der Waals surface area contributed by atoms with Crippen molar-refractivity contribution in [2.75, 3.05) is 13.2 Å². The smallest absolute Gasteiger partial charge is 0.251 e. The minimum atomic E-state index is -0.118. The minimum Gasteiger partial charge on any atom is -0.492 e. The molecule has 0 bridgehead atoms. The predicted octanol–water partition coefficient (Wildman–Crippen LogP) is 6.40. The molecule has 6 heteroatoms. The first-order valence-electron chi connectivity index (χ1n) is 9.16. The number of ether oxygens (including phenoxy) is 1. The quantitative estimate of drug-likeness (QED) is 0.321. The minimum absolute atomic E-state index is 0.118. The maximum absolute atomic E-state index is 12.3. The van der Waals surface area contributed by atoms with E-state index >= 15 is 0 Å². The zero-order chi connectivity index (χ0) is 20.6. The Morgan fingerprint density at radius 2 is 1.72 bits per heavy atom. The highest BCUT2D eigenvalue weighted by molar-refractivity contribution is 7.98. The van der Waals surface area contributed by atoms with E-state index in [0.717, 1.165) is 26.8 Å². The molecule has 0 fully saturated rings. The number of amides is 1. The Labute approximate surface area is 185 Å². The van der Waals surface area contributed by atoms with Crippen LogP contribution in [0.5, 0.6) is 5.75 Å². The Morgan fingerprint density at radius 3 is 2.41 bits per heavy atom. The molecule has 0 aromatic heterocycles. The molecule has 0 atom stereocenters. The van der Waals surface area contributed by atoms with Gasteiger partial charge in [-0.2, -0.15) is 0 Å². The van der Waals surface area contributed by atoms with E-state index in [0.29, 0.717) is 29.5 Å². The molecule has 3 aromatic carbocycles. The van der Waals surface area contributed by atoms with E-state index in [1.165, 1.54) is 0 Å². The van der Waals surface area contributed by atoms with Crippen LogP contribution < -0.4 is 10.1 Å². The maximum Gasteiger partial charge on any atom is 0.251 e. The molecule has 0 unspecified atom stereocenters. The first kappa shape index (κ1) is 21.6. The van der Waals surface area contributed by atoms with Gasteiger partial charge >= 0.3 is 0 Å². The van der Waals surface area contributed by atoms with E-state index in [1.54, 1.807) is 17.8 Å². The third kappa shape index (κ3) is 6.70. The summed E-state index contributed by atoms with van der Waals surface area (Å²) in [6.45, 7) is 2.73. The zero-order valence-corrected chi connectivity index (χ0v) is 18.3. The van der Waals surface area contributed by atoms with E-state index < -0.39 is 0 Å². The number of hydrogen-bond acceptors (Lipinski definition) is 3. The van der Waals surface area contributed by atoms with Crippen molar-refractivity contribution in [2.45, 2.75) is 17.6 Å². The third-order valence-electron chi connectivity index (χ3n) is 4.23. The summed E-state index contributed by atoms with van der Waals surface area (Å²) in [5.41, 5.74) is 2.78. The van der Waals surface area contributed by atoms with Gasteiger partial charge in [0, 0.05) is 26.3 Å². The lowest BCUT2D eigenvalue weighted by Gasteiger charge is -2.09. The van der Waals surface area contributed by atoms with E-state index in [4.69, 9.17) is 27.9 Å². The zero-order valence-electron chi connectivity index (χ0n) is 16.0. The van der Waals surface area contributed by atoms with Crippen molar-refractivity contribution < 1.29 is 9.53 Å². The SMILES string of the molecule is Cc1ccc(OCCNC(=O)c2ccc(CSc3ccc(Cl)cc3)cc2)cc1Cl. The van der Waals surface area contributed by atoms with Crippen LogP contribution in [0.1, 0.15) is 21.5 Å². The molecule has 1 amide bonds. The highest BCUT2D eigenvalue weighted by atomic mass is 35.5. The largest absolute Gasteiger partial charge is 0.492 e. The molecule has 0 saturated heterocycles. The highest BCUT2D eigenvalue weighted by Crippen LogP contribution is 2.24. The molecule has 0 aliphatic rings. The molecular formula is C23H21Cl2NO2S. The van der Waals surface area contributed by atoms with Gasteiger partial charge in [0.15, 0.2) is 0 Å². The van der Waals surface area contributed by atoms with Gasteiger partial charge in [-0.05, 0) is 66.6 Å². The first-order valence-corrected chi connectivity index (χ1v) is 10.9.